The van der Waals surface area contributed by atoms with Crippen LogP contribution in [-0.4, -0.2) is 34.2 Å². The van der Waals surface area contributed by atoms with Gasteiger partial charge in [0.2, 0.25) is 0 Å². The zero-order valence-corrected chi connectivity index (χ0v) is 10.5. The standard InChI is InChI=1S/C12H13N3O4/c1-7-3-8(4-9-6-13-14-11(7)9)5-10(15(17)18)12(16)19-2/h3-4,6,10H,5H2,1-2H3,(H,13,14). The third kappa shape index (κ3) is 2.54. The van der Waals surface area contributed by atoms with Gasteiger partial charge in [0.25, 0.3) is 0 Å². The first-order chi connectivity index (χ1) is 9.02. The van der Waals surface area contributed by atoms with Gasteiger partial charge in [-0.05, 0) is 24.1 Å². The van der Waals surface area contributed by atoms with E-state index in [9.17, 15) is 14.9 Å². The largest absolute Gasteiger partial charge is 0.464 e. The minimum atomic E-state index is -1.38. The summed E-state index contributed by atoms with van der Waals surface area (Å²) >= 11 is 0. The summed E-state index contributed by atoms with van der Waals surface area (Å²) in [6, 6.07) is 2.21. The molecule has 1 heterocycles. The van der Waals surface area contributed by atoms with Gasteiger partial charge < -0.3 is 4.74 Å². The first kappa shape index (κ1) is 13.0. The summed E-state index contributed by atoms with van der Waals surface area (Å²) in [5.74, 6) is -0.838. The highest BCUT2D eigenvalue weighted by atomic mass is 16.6. The smallest absolute Gasteiger partial charge is 0.381 e. The van der Waals surface area contributed by atoms with Gasteiger partial charge in [-0.1, -0.05) is 6.07 Å². The zero-order chi connectivity index (χ0) is 14.0. The molecule has 0 spiro atoms. The fourth-order valence-corrected chi connectivity index (χ4v) is 2.03. The quantitative estimate of drug-likeness (QED) is 0.508. The van der Waals surface area contributed by atoms with Crippen LogP contribution in [0, 0.1) is 17.0 Å². The highest BCUT2D eigenvalue weighted by Gasteiger charge is 2.31. The fourth-order valence-electron chi connectivity index (χ4n) is 2.03. The number of hydrogen-bond acceptors (Lipinski definition) is 5. The van der Waals surface area contributed by atoms with Crippen LogP contribution in [0.25, 0.3) is 10.9 Å². The lowest BCUT2D eigenvalue weighted by Crippen LogP contribution is -2.32. The summed E-state index contributed by atoms with van der Waals surface area (Å²) in [5, 5.41) is 18.5. The number of methoxy groups -OCH3 is 1. The second kappa shape index (κ2) is 5.05. The molecule has 0 saturated carbocycles. The number of benzene rings is 1. The number of nitro groups is 1. The normalized spacial score (nSPS) is 12.3. The summed E-state index contributed by atoms with van der Waals surface area (Å²) in [4.78, 5) is 21.6. The Morgan fingerprint density at radius 1 is 1.58 bits per heavy atom. The van der Waals surface area contributed by atoms with Gasteiger partial charge in [0, 0.05) is 10.3 Å². The summed E-state index contributed by atoms with van der Waals surface area (Å²) in [6.45, 7) is 1.88. The molecule has 2 rings (SSSR count). The summed E-state index contributed by atoms with van der Waals surface area (Å²) in [5.41, 5.74) is 2.52. The van der Waals surface area contributed by atoms with Crippen molar-refractivity contribution in [2.45, 2.75) is 19.4 Å². The number of carbonyl (C=O) groups excluding carboxylic acids is 1. The number of H-pyrrole nitrogens is 1. The van der Waals surface area contributed by atoms with E-state index in [0.29, 0.717) is 5.56 Å². The molecule has 1 aromatic carbocycles. The number of rotatable bonds is 4. The first-order valence-corrected chi connectivity index (χ1v) is 5.67. The van der Waals surface area contributed by atoms with Crippen LogP contribution in [0.4, 0.5) is 0 Å². The van der Waals surface area contributed by atoms with Crippen molar-refractivity contribution in [1.29, 1.82) is 0 Å². The molecule has 0 aliphatic heterocycles. The van der Waals surface area contributed by atoms with E-state index < -0.39 is 16.9 Å². The number of nitrogens with zero attached hydrogens (tertiary/aromatic N) is 2. The van der Waals surface area contributed by atoms with E-state index in [4.69, 9.17) is 0 Å². The van der Waals surface area contributed by atoms with Crippen molar-refractivity contribution in [2.75, 3.05) is 7.11 Å². The molecule has 0 saturated heterocycles. The molecular formula is C12H13N3O4. The third-order valence-corrected chi connectivity index (χ3v) is 2.96. The number of fused-ring (bicyclic) bond motifs is 1. The van der Waals surface area contributed by atoms with Gasteiger partial charge in [0.05, 0.1) is 25.2 Å². The molecule has 0 amide bonds. The Bertz CT molecular complexity index is 635. The highest BCUT2D eigenvalue weighted by Crippen LogP contribution is 2.19. The second-order valence-electron chi connectivity index (χ2n) is 4.28. The van der Waals surface area contributed by atoms with Gasteiger partial charge in [-0.3, -0.25) is 15.2 Å². The summed E-state index contributed by atoms with van der Waals surface area (Å²) in [7, 11) is 1.14. The zero-order valence-electron chi connectivity index (χ0n) is 10.5. The van der Waals surface area contributed by atoms with E-state index in [1.807, 2.05) is 6.92 Å². The molecular weight excluding hydrogens is 250 g/mol. The van der Waals surface area contributed by atoms with Crippen molar-refractivity contribution in [3.05, 3.63) is 39.6 Å². The lowest BCUT2D eigenvalue weighted by Gasteiger charge is -2.08. The molecule has 1 atom stereocenters. The SMILES string of the molecule is COC(=O)C(Cc1cc(C)c2[nH]ncc2c1)[N+](=O)[O-]. The molecule has 7 nitrogen and oxygen atoms in total. The van der Waals surface area contributed by atoms with Crippen LogP contribution in [0.1, 0.15) is 11.1 Å². The van der Waals surface area contributed by atoms with Crippen molar-refractivity contribution in [1.82, 2.24) is 10.2 Å². The Kier molecular flexibility index (Phi) is 3.46. The molecule has 1 aromatic heterocycles. The molecule has 19 heavy (non-hydrogen) atoms. The van der Waals surface area contributed by atoms with Gasteiger partial charge in [-0.15, -0.1) is 0 Å². The Balaban J connectivity index is 2.33. The van der Waals surface area contributed by atoms with Gasteiger partial charge in [-0.25, -0.2) is 4.79 Å². The van der Waals surface area contributed by atoms with Crippen LogP contribution in [0.2, 0.25) is 0 Å². The van der Waals surface area contributed by atoms with E-state index in [1.54, 1.807) is 18.3 Å². The molecule has 7 heteroatoms. The van der Waals surface area contributed by atoms with Crippen molar-refractivity contribution >= 4 is 16.9 Å². The number of aromatic nitrogens is 2. The van der Waals surface area contributed by atoms with Crippen molar-refractivity contribution < 1.29 is 14.5 Å². The molecule has 2 aromatic rings. The Morgan fingerprint density at radius 2 is 2.32 bits per heavy atom. The minimum absolute atomic E-state index is 0.00162. The lowest BCUT2D eigenvalue weighted by atomic mass is 10.0. The van der Waals surface area contributed by atoms with Gasteiger partial charge in [0.15, 0.2) is 0 Å². The molecule has 1 N–H and O–H groups in total. The number of aryl methyl sites for hydroxylation is 1. The van der Waals surface area contributed by atoms with Crippen LogP contribution in [0.5, 0.6) is 0 Å². The van der Waals surface area contributed by atoms with Crippen LogP contribution in [0.15, 0.2) is 18.3 Å². The number of nitrogens with one attached hydrogen (secondary N) is 1. The Hall–Kier alpha value is -2.44. The number of hydrogen-bond donors (Lipinski definition) is 1. The maximum Gasteiger partial charge on any atom is 0.381 e. The number of carbonyl (C=O) groups is 1. The van der Waals surface area contributed by atoms with E-state index in [1.165, 1.54) is 0 Å². The van der Waals surface area contributed by atoms with Crippen molar-refractivity contribution in [3.8, 4) is 0 Å². The number of aromatic amines is 1. The van der Waals surface area contributed by atoms with Gasteiger partial charge in [-0.2, -0.15) is 5.10 Å². The molecule has 0 aliphatic carbocycles. The van der Waals surface area contributed by atoms with Crippen molar-refractivity contribution in [3.63, 3.8) is 0 Å². The predicted molar refractivity (Wildman–Crippen MR) is 67.3 cm³/mol. The number of ether oxygens (including phenoxy) is 1. The van der Waals surface area contributed by atoms with Crippen LogP contribution < -0.4 is 0 Å². The maximum absolute atomic E-state index is 11.4. The lowest BCUT2D eigenvalue weighted by molar-refractivity contribution is -0.509. The summed E-state index contributed by atoms with van der Waals surface area (Å²) < 4.78 is 4.45. The number of esters is 1. The maximum atomic E-state index is 11.4. The molecule has 0 radical (unpaired) electrons. The Morgan fingerprint density at radius 3 is 2.95 bits per heavy atom. The Labute approximate surface area is 108 Å². The van der Waals surface area contributed by atoms with E-state index >= 15 is 0 Å². The average Bonchev–Trinajstić information content (AvgIpc) is 2.83. The first-order valence-electron chi connectivity index (χ1n) is 5.67. The van der Waals surface area contributed by atoms with Crippen LogP contribution in [0.3, 0.4) is 0 Å². The highest BCUT2D eigenvalue weighted by molar-refractivity contribution is 5.82. The molecule has 0 bridgehead atoms. The topological polar surface area (TPSA) is 98.1 Å². The second-order valence-corrected chi connectivity index (χ2v) is 4.28. The minimum Gasteiger partial charge on any atom is -0.464 e. The van der Waals surface area contributed by atoms with Gasteiger partial charge in [0.1, 0.15) is 0 Å². The monoisotopic (exact) mass is 263 g/mol. The van der Waals surface area contributed by atoms with Crippen LogP contribution >= 0.6 is 0 Å². The summed E-state index contributed by atoms with van der Waals surface area (Å²) in [6.07, 6.45) is 1.65. The molecule has 100 valence electrons. The van der Waals surface area contributed by atoms with E-state index in [0.717, 1.165) is 23.6 Å². The fraction of sp³-hybridized carbons (Fsp3) is 0.333. The average molecular weight is 263 g/mol. The van der Waals surface area contributed by atoms with E-state index in [2.05, 4.69) is 14.9 Å². The molecule has 0 aliphatic rings. The molecule has 0 fully saturated rings. The van der Waals surface area contributed by atoms with Gasteiger partial charge >= 0.3 is 12.0 Å². The van der Waals surface area contributed by atoms with Crippen molar-refractivity contribution in [2.24, 2.45) is 0 Å². The predicted octanol–water partition coefficient (Wildman–Crippen LogP) is 1.23. The third-order valence-electron chi connectivity index (χ3n) is 2.96. The van der Waals surface area contributed by atoms with E-state index in [-0.39, 0.29) is 6.42 Å². The molecule has 1 unspecified atom stereocenters. The van der Waals surface area contributed by atoms with Crippen LogP contribution in [-0.2, 0) is 16.0 Å².